The smallest absolute Gasteiger partial charge is 0.472 e. The Balaban J connectivity index is 2.00. The average Bonchev–Trinajstić information content (AvgIpc) is 3.39. The van der Waals surface area contributed by atoms with Crippen molar-refractivity contribution in [2.45, 2.75) is 25.4 Å². The van der Waals surface area contributed by atoms with Gasteiger partial charge < -0.3 is 19.2 Å². The fraction of sp³-hybridized carbons (Fsp3) is 0.280. The molecule has 0 spiro atoms. The molecule has 0 radical (unpaired) electrons. The molecule has 39 heavy (non-hydrogen) atoms. The van der Waals surface area contributed by atoms with E-state index in [1.54, 1.807) is 40.4 Å². The molecule has 1 aliphatic carbocycles. The first-order valence-electron chi connectivity index (χ1n) is 11.7. The van der Waals surface area contributed by atoms with E-state index in [0.717, 1.165) is 0 Å². The number of aryl methyl sites for hydroxylation is 1. The first-order chi connectivity index (χ1) is 18.3. The number of carbonyl (C=O) groups is 1. The number of hydrogen-bond acceptors (Lipinski definition) is 6. The van der Waals surface area contributed by atoms with Crippen LogP contribution in [0.5, 0.6) is 0 Å². The third kappa shape index (κ3) is 5.10. The number of para-hydroxylation sites is 1. The van der Waals surface area contributed by atoms with Crippen molar-refractivity contribution in [1.82, 2.24) is 14.9 Å². The lowest BCUT2D eigenvalue weighted by atomic mass is 10.0. The molecule has 208 valence electrons. The first-order valence-corrected chi connectivity index (χ1v) is 13.9. The summed E-state index contributed by atoms with van der Waals surface area (Å²) in [7, 11) is -0.649. The van der Waals surface area contributed by atoms with Gasteiger partial charge in [0.05, 0.1) is 24.8 Å². The minimum absolute atomic E-state index is 0.106. The standard InChI is InChI=1S/C25H25BrF3N5O4S/c1-5-19-31-23(33(3)4)22(24(35)30-2)34(19)12-16-14-10-11-38-13-17(14)21(26)20(16)15-8-6-7-9-18(15)32-39(36,37)25(27,28)29/h6-11,13,32H,5,12H2,1-4H3,(H,30,35). The van der Waals surface area contributed by atoms with Crippen molar-refractivity contribution in [3.8, 4) is 22.3 Å². The maximum absolute atomic E-state index is 13.2. The molecule has 2 N–H and O–H groups in total. The molecular weight excluding hydrogens is 603 g/mol. The van der Waals surface area contributed by atoms with Gasteiger partial charge in [-0.1, -0.05) is 25.1 Å². The molecule has 0 bridgehead atoms. The van der Waals surface area contributed by atoms with Crippen LogP contribution in [0, 0.1) is 0 Å². The second kappa shape index (κ2) is 10.6. The molecule has 2 aromatic rings. The lowest BCUT2D eigenvalue weighted by Gasteiger charge is -2.17. The zero-order chi connectivity index (χ0) is 28.7. The number of nitrogens with zero attached hydrogens (tertiary/aromatic N) is 3. The predicted octanol–water partition coefficient (Wildman–Crippen LogP) is 5.31. The Labute approximate surface area is 231 Å². The molecule has 1 amide bonds. The van der Waals surface area contributed by atoms with E-state index in [4.69, 9.17) is 4.42 Å². The molecule has 1 aromatic heterocycles. The molecule has 14 heteroatoms. The first kappa shape index (κ1) is 28.5. The number of benzene rings is 1. The molecule has 9 nitrogen and oxygen atoms in total. The van der Waals surface area contributed by atoms with E-state index in [9.17, 15) is 26.4 Å². The minimum atomic E-state index is -5.69. The van der Waals surface area contributed by atoms with Gasteiger partial charge in [-0.15, -0.1) is 0 Å². The number of halogens is 4. The zero-order valence-electron chi connectivity index (χ0n) is 21.4. The van der Waals surface area contributed by atoms with Crippen LogP contribution < -0.4 is 14.9 Å². The number of fused-ring (bicyclic) bond motifs is 1. The van der Waals surface area contributed by atoms with E-state index in [1.165, 1.54) is 37.8 Å². The van der Waals surface area contributed by atoms with Crippen molar-refractivity contribution in [3.05, 3.63) is 64.4 Å². The Morgan fingerprint density at radius 2 is 1.85 bits per heavy atom. The van der Waals surface area contributed by atoms with Crippen LogP contribution in [0.15, 0.2) is 51.7 Å². The third-order valence-electron chi connectivity index (χ3n) is 6.14. The molecule has 2 aliphatic rings. The quantitative estimate of drug-likeness (QED) is 0.274. The number of sulfonamides is 1. The molecule has 1 aromatic carbocycles. The molecule has 0 atom stereocenters. The number of anilines is 2. The van der Waals surface area contributed by atoms with Gasteiger partial charge in [0.2, 0.25) is 0 Å². The van der Waals surface area contributed by atoms with Gasteiger partial charge in [0.15, 0.2) is 11.5 Å². The number of nitrogens with one attached hydrogen (secondary N) is 2. The van der Waals surface area contributed by atoms with Crippen LogP contribution in [0.1, 0.15) is 28.8 Å². The second-order valence-electron chi connectivity index (χ2n) is 8.76. The Morgan fingerprint density at radius 1 is 1.15 bits per heavy atom. The summed E-state index contributed by atoms with van der Waals surface area (Å²) in [6.45, 7) is 2.00. The Hall–Kier alpha value is -3.52. The topological polar surface area (TPSA) is 109 Å². The van der Waals surface area contributed by atoms with Crippen LogP contribution in [0.2, 0.25) is 0 Å². The summed E-state index contributed by atoms with van der Waals surface area (Å²) in [4.78, 5) is 19.4. The van der Waals surface area contributed by atoms with Gasteiger partial charge in [-0.3, -0.25) is 9.52 Å². The summed E-state index contributed by atoms with van der Waals surface area (Å²) in [5.41, 5.74) is -2.88. The van der Waals surface area contributed by atoms with Crippen LogP contribution in [-0.4, -0.2) is 50.5 Å². The number of amides is 1. The maximum Gasteiger partial charge on any atom is 0.516 e. The Morgan fingerprint density at radius 3 is 2.46 bits per heavy atom. The van der Waals surface area contributed by atoms with Crippen molar-refractivity contribution in [2.75, 3.05) is 30.8 Å². The van der Waals surface area contributed by atoms with Gasteiger partial charge in [0.1, 0.15) is 5.82 Å². The summed E-state index contributed by atoms with van der Waals surface area (Å²) in [6, 6.07) is 7.50. The van der Waals surface area contributed by atoms with E-state index in [0.29, 0.717) is 50.5 Å². The predicted molar refractivity (Wildman–Crippen MR) is 145 cm³/mol. The fourth-order valence-corrected chi connectivity index (χ4v) is 5.72. The Bertz CT molecular complexity index is 1610. The highest BCUT2D eigenvalue weighted by Gasteiger charge is 2.46. The highest BCUT2D eigenvalue weighted by molar-refractivity contribution is 9.10. The largest absolute Gasteiger partial charge is 0.516 e. The van der Waals surface area contributed by atoms with Crippen molar-refractivity contribution < 1.29 is 30.8 Å². The van der Waals surface area contributed by atoms with Crippen LogP contribution in [0.4, 0.5) is 24.7 Å². The third-order valence-corrected chi connectivity index (χ3v) is 8.07. The molecule has 0 unspecified atom stereocenters. The lowest BCUT2D eigenvalue weighted by molar-refractivity contribution is -0.0429. The van der Waals surface area contributed by atoms with E-state index in [1.807, 2.05) is 6.92 Å². The van der Waals surface area contributed by atoms with Gasteiger partial charge in [-0.05, 0) is 39.2 Å². The normalized spacial score (nSPS) is 12.1. The van der Waals surface area contributed by atoms with Gasteiger partial charge in [-0.2, -0.15) is 21.6 Å². The maximum atomic E-state index is 13.2. The van der Waals surface area contributed by atoms with Crippen LogP contribution in [0.25, 0.3) is 22.3 Å². The van der Waals surface area contributed by atoms with E-state index >= 15 is 0 Å². The average molecular weight is 628 g/mol. The number of imidazole rings is 1. The molecule has 0 fully saturated rings. The van der Waals surface area contributed by atoms with Crippen molar-refractivity contribution in [3.63, 3.8) is 0 Å². The molecule has 1 aliphatic heterocycles. The SMILES string of the molecule is CCc1nc(N(C)C)c(C(=O)NC)n1Cc1c2ccocc-2c(Br)c1-c1ccccc1NS(=O)(=O)C(F)(F)F. The highest BCUT2D eigenvalue weighted by atomic mass is 79.9. The van der Waals surface area contributed by atoms with Gasteiger partial charge in [0.25, 0.3) is 5.91 Å². The number of hydrogen-bond donors (Lipinski definition) is 2. The zero-order valence-corrected chi connectivity index (χ0v) is 23.8. The number of aromatic nitrogens is 2. The number of rotatable bonds is 8. The van der Waals surface area contributed by atoms with E-state index < -0.39 is 15.5 Å². The summed E-state index contributed by atoms with van der Waals surface area (Å²) >= 11 is 3.56. The second-order valence-corrected chi connectivity index (χ2v) is 11.2. The molecular formula is C25H25BrF3N5O4S. The highest BCUT2D eigenvalue weighted by Crippen LogP contribution is 2.48. The summed E-state index contributed by atoms with van der Waals surface area (Å²) in [6.07, 6.45) is 3.43. The van der Waals surface area contributed by atoms with Crippen LogP contribution in [0.3, 0.4) is 0 Å². The summed E-state index contributed by atoms with van der Waals surface area (Å²) in [5, 5.41) is 2.64. The van der Waals surface area contributed by atoms with Crippen molar-refractivity contribution in [1.29, 1.82) is 0 Å². The monoisotopic (exact) mass is 627 g/mol. The van der Waals surface area contributed by atoms with Crippen molar-refractivity contribution >= 4 is 43.4 Å². The molecule has 0 saturated carbocycles. The van der Waals surface area contributed by atoms with E-state index in [-0.39, 0.29) is 23.7 Å². The minimum Gasteiger partial charge on any atom is -0.472 e. The van der Waals surface area contributed by atoms with Crippen LogP contribution >= 0.6 is 15.9 Å². The Kier molecular flexibility index (Phi) is 7.72. The van der Waals surface area contributed by atoms with E-state index in [2.05, 4.69) is 26.2 Å². The number of alkyl halides is 3. The molecule has 2 heterocycles. The van der Waals surface area contributed by atoms with Crippen molar-refractivity contribution in [2.24, 2.45) is 0 Å². The van der Waals surface area contributed by atoms with Gasteiger partial charge >= 0.3 is 15.5 Å². The summed E-state index contributed by atoms with van der Waals surface area (Å²) < 4.78 is 73.1. The van der Waals surface area contributed by atoms with Gasteiger partial charge in [0, 0.05) is 48.7 Å². The van der Waals surface area contributed by atoms with Gasteiger partial charge in [-0.25, -0.2) is 4.98 Å². The molecule has 4 rings (SSSR count). The molecule has 0 saturated heterocycles. The summed E-state index contributed by atoms with van der Waals surface area (Å²) in [5.74, 6) is 0.701. The fourth-order valence-electron chi connectivity index (χ4n) is 4.38. The van der Waals surface area contributed by atoms with Crippen LogP contribution in [-0.2, 0) is 23.0 Å². The number of carbonyl (C=O) groups excluding carboxylic acids is 1. The lowest BCUT2D eigenvalue weighted by Crippen LogP contribution is -2.30.